The number of thiazole rings is 1. The molecule has 0 bridgehead atoms. The molecule has 0 aliphatic heterocycles. The molecule has 41 heavy (non-hydrogen) atoms. The minimum Gasteiger partial charge on any atom is -0.493 e. The van der Waals surface area contributed by atoms with Crippen molar-refractivity contribution in [1.29, 1.82) is 0 Å². The number of anilines is 2. The van der Waals surface area contributed by atoms with Crippen LogP contribution in [0.2, 0.25) is 0 Å². The summed E-state index contributed by atoms with van der Waals surface area (Å²) < 4.78 is 39.9. The average Bonchev–Trinajstić information content (AvgIpc) is 3.37. The maximum absolute atomic E-state index is 13.8. The number of nitrogens with zero attached hydrogens (tertiary/aromatic N) is 4. The van der Waals surface area contributed by atoms with E-state index in [1.807, 2.05) is 26.2 Å². The van der Waals surface area contributed by atoms with Crippen molar-refractivity contribution in [2.24, 2.45) is 0 Å². The fourth-order valence-electron chi connectivity index (χ4n) is 4.33. The first kappa shape index (κ1) is 32.1. The number of benzene rings is 3. The van der Waals surface area contributed by atoms with Crippen molar-refractivity contribution in [1.82, 2.24) is 9.88 Å². The van der Waals surface area contributed by atoms with Crippen LogP contribution in [0.25, 0.3) is 10.2 Å². The lowest BCUT2D eigenvalue weighted by Gasteiger charge is -2.23. The van der Waals surface area contributed by atoms with Gasteiger partial charge in [0.2, 0.25) is 0 Å². The molecular formula is C29H35ClN4O5S2. The van der Waals surface area contributed by atoms with Crippen LogP contribution in [-0.2, 0) is 10.0 Å². The number of carbonyl (C=O) groups excluding carboxylic acids is 1. The summed E-state index contributed by atoms with van der Waals surface area (Å²) in [6, 6.07) is 18.7. The van der Waals surface area contributed by atoms with Gasteiger partial charge < -0.3 is 14.4 Å². The number of aromatic nitrogens is 1. The highest BCUT2D eigenvalue weighted by Crippen LogP contribution is 2.37. The van der Waals surface area contributed by atoms with Crippen molar-refractivity contribution in [2.75, 3.05) is 57.2 Å². The Labute approximate surface area is 251 Å². The molecule has 12 heteroatoms. The van der Waals surface area contributed by atoms with E-state index in [4.69, 9.17) is 14.5 Å². The van der Waals surface area contributed by atoms with Gasteiger partial charge in [-0.05, 0) is 70.4 Å². The molecule has 1 heterocycles. The van der Waals surface area contributed by atoms with E-state index in [0.29, 0.717) is 39.9 Å². The summed E-state index contributed by atoms with van der Waals surface area (Å²) in [5, 5.41) is 0.548. The Morgan fingerprint density at radius 2 is 1.56 bits per heavy atom. The number of hydrogen-bond acceptors (Lipinski definition) is 8. The third-order valence-electron chi connectivity index (χ3n) is 6.37. The summed E-state index contributed by atoms with van der Waals surface area (Å²) in [4.78, 5) is 22.4. The van der Waals surface area contributed by atoms with E-state index in [-0.39, 0.29) is 29.8 Å². The summed E-state index contributed by atoms with van der Waals surface area (Å²) >= 11 is 1.39. The summed E-state index contributed by atoms with van der Waals surface area (Å²) in [6.45, 7) is 3.31. The predicted molar refractivity (Wildman–Crippen MR) is 168 cm³/mol. The molecule has 0 N–H and O–H groups in total. The molecule has 0 atom stereocenters. The van der Waals surface area contributed by atoms with Crippen molar-refractivity contribution >= 4 is 60.7 Å². The summed E-state index contributed by atoms with van der Waals surface area (Å²) in [6.07, 6.45) is 0.732. The number of hydrogen-bond donors (Lipinski definition) is 0. The second-order valence-electron chi connectivity index (χ2n) is 9.31. The van der Waals surface area contributed by atoms with Gasteiger partial charge in [-0.2, -0.15) is 0 Å². The third kappa shape index (κ3) is 7.10. The lowest BCUT2D eigenvalue weighted by Crippen LogP contribution is -2.33. The molecule has 0 spiro atoms. The van der Waals surface area contributed by atoms with Crippen LogP contribution < -0.4 is 18.7 Å². The Morgan fingerprint density at radius 1 is 0.927 bits per heavy atom. The van der Waals surface area contributed by atoms with Gasteiger partial charge in [-0.15, -0.1) is 12.4 Å². The lowest BCUT2D eigenvalue weighted by molar-refractivity contribution is 0.0986. The van der Waals surface area contributed by atoms with Gasteiger partial charge in [-0.3, -0.25) is 14.0 Å². The van der Waals surface area contributed by atoms with Crippen LogP contribution in [0.4, 0.5) is 10.8 Å². The molecule has 9 nitrogen and oxygen atoms in total. The molecule has 0 saturated carbocycles. The fraction of sp³-hybridized carbons (Fsp3) is 0.310. The number of halogens is 1. The Hall–Kier alpha value is -3.38. The van der Waals surface area contributed by atoms with Crippen LogP contribution in [-0.4, -0.2) is 72.2 Å². The molecule has 1 aromatic heterocycles. The first-order chi connectivity index (χ1) is 19.2. The normalized spacial score (nSPS) is 11.3. The number of fused-ring (bicyclic) bond motifs is 1. The van der Waals surface area contributed by atoms with Gasteiger partial charge in [0.05, 0.1) is 35.0 Å². The third-order valence-corrected chi connectivity index (χ3v) is 9.32. The Kier molecular flexibility index (Phi) is 11.0. The van der Waals surface area contributed by atoms with Gasteiger partial charge in [-0.1, -0.05) is 29.5 Å². The van der Waals surface area contributed by atoms with Crippen LogP contribution in [0, 0.1) is 0 Å². The molecule has 3 aromatic carbocycles. The minimum absolute atomic E-state index is 0. The highest BCUT2D eigenvalue weighted by molar-refractivity contribution is 7.92. The van der Waals surface area contributed by atoms with Gasteiger partial charge in [0, 0.05) is 30.8 Å². The molecule has 4 rings (SSSR count). The van der Waals surface area contributed by atoms with Crippen molar-refractivity contribution < 1.29 is 22.7 Å². The van der Waals surface area contributed by atoms with E-state index in [0.717, 1.165) is 17.7 Å². The van der Waals surface area contributed by atoms with E-state index in [1.54, 1.807) is 68.5 Å². The molecule has 4 aromatic rings. The first-order valence-electron chi connectivity index (χ1n) is 12.9. The van der Waals surface area contributed by atoms with Crippen molar-refractivity contribution in [3.8, 4) is 11.5 Å². The minimum atomic E-state index is -3.80. The lowest BCUT2D eigenvalue weighted by atomic mass is 10.2. The van der Waals surface area contributed by atoms with Gasteiger partial charge in [0.1, 0.15) is 0 Å². The van der Waals surface area contributed by atoms with Crippen LogP contribution in [0.15, 0.2) is 71.6 Å². The number of ether oxygens (including phenoxy) is 2. The van der Waals surface area contributed by atoms with Crippen LogP contribution in [0.1, 0.15) is 23.7 Å². The zero-order valence-corrected chi connectivity index (χ0v) is 26.2. The van der Waals surface area contributed by atoms with E-state index in [9.17, 15) is 13.2 Å². The molecule has 1 amide bonds. The smallest absolute Gasteiger partial charge is 0.264 e. The SMILES string of the molecule is CCN(c1ccccc1)S(=O)(=O)c1ccc(C(=O)N(CCCN(C)C)c2nc3cc(OC)c(OC)cc3s2)cc1.Cl. The zero-order chi connectivity index (χ0) is 28.9. The summed E-state index contributed by atoms with van der Waals surface area (Å²) in [7, 11) is 3.30. The predicted octanol–water partition coefficient (Wildman–Crippen LogP) is 5.55. The average molecular weight is 619 g/mol. The molecular weight excluding hydrogens is 584 g/mol. The Morgan fingerprint density at radius 3 is 2.15 bits per heavy atom. The highest BCUT2D eigenvalue weighted by atomic mass is 35.5. The van der Waals surface area contributed by atoms with Crippen molar-refractivity contribution in [3.63, 3.8) is 0 Å². The second kappa shape index (κ2) is 14.0. The van der Waals surface area contributed by atoms with Crippen LogP contribution >= 0.6 is 23.7 Å². The monoisotopic (exact) mass is 618 g/mol. The molecule has 220 valence electrons. The number of carbonyl (C=O) groups is 1. The molecule has 0 aliphatic carbocycles. The standard InChI is InChI=1S/C29H34N4O5S2.ClH/c1-6-33(22-11-8-7-9-12-22)40(35,36)23-15-13-21(14-16-23)28(34)32(18-10-17-31(2)3)29-30-24-19-25(37-4)26(38-5)20-27(24)39-29;/h7-9,11-16,19-20H,6,10,17-18H2,1-5H3;1H. The summed E-state index contributed by atoms with van der Waals surface area (Å²) in [5.41, 5.74) is 1.66. The molecule has 0 aliphatic rings. The Bertz CT molecular complexity index is 1520. The number of rotatable bonds is 12. The number of amides is 1. The molecule has 0 unspecified atom stereocenters. The number of methoxy groups -OCH3 is 2. The summed E-state index contributed by atoms with van der Waals surface area (Å²) in [5.74, 6) is 0.894. The van der Waals surface area contributed by atoms with E-state index >= 15 is 0 Å². The van der Waals surface area contributed by atoms with Gasteiger partial charge in [0.25, 0.3) is 15.9 Å². The number of sulfonamides is 1. The van der Waals surface area contributed by atoms with Gasteiger partial charge >= 0.3 is 0 Å². The van der Waals surface area contributed by atoms with E-state index < -0.39 is 10.0 Å². The fourth-order valence-corrected chi connectivity index (χ4v) is 6.80. The zero-order valence-electron chi connectivity index (χ0n) is 23.7. The first-order valence-corrected chi connectivity index (χ1v) is 15.1. The van der Waals surface area contributed by atoms with E-state index in [2.05, 4.69) is 4.90 Å². The van der Waals surface area contributed by atoms with Gasteiger partial charge in [0.15, 0.2) is 16.6 Å². The van der Waals surface area contributed by atoms with Crippen molar-refractivity contribution in [2.45, 2.75) is 18.2 Å². The quantitative estimate of drug-likeness (QED) is 0.206. The molecule has 0 radical (unpaired) electrons. The van der Waals surface area contributed by atoms with Crippen LogP contribution in [0.5, 0.6) is 11.5 Å². The maximum Gasteiger partial charge on any atom is 0.264 e. The van der Waals surface area contributed by atoms with E-state index in [1.165, 1.54) is 27.8 Å². The molecule has 0 fully saturated rings. The largest absolute Gasteiger partial charge is 0.493 e. The van der Waals surface area contributed by atoms with Crippen molar-refractivity contribution in [3.05, 3.63) is 72.3 Å². The number of para-hydroxylation sites is 1. The second-order valence-corrected chi connectivity index (χ2v) is 12.2. The topological polar surface area (TPSA) is 92.3 Å². The Balaban J connectivity index is 0.00000462. The van der Waals surface area contributed by atoms with Crippen LogP contribution in [0.3, 0.4) is 0 Å². The highest BCUT2D eigenvalue weighted by Gasteiger charge is 2.26. The van der Waals surface area contributed by atoms with Gasteiger partial charge in [-0.25, -0.2) is 13.4 Å². The molecule has 0 saturated heterocycles. The maximum atomic E-state index is 13.8.